The maximum Gasteiger partial charge on any atom is 0.301 e. The molecule has 0 bridgehead atoms. The van der Waals surface area contributed by atoms with Crippen molar-refractivity contribution in [1.29, 1.82) is 0 Å². The Bertz CT molecular complexity index is 1760. The molecular formula is C32H30N2O6S. The molecule has 0 radical (unpaired) electrons. The standard InChI is InChI=1S/C32H30N2O6S/c1-6-39-23-10-7-19(15-24(23)38-5)28-26(29(35)20-8-9-22-21(14-20)13-18(4)40-22)30(36)31(37)34(28)32-33-27-17(3)11-16(2)12-25(27)41-32/h7-12,14-15,18,28,35H,6,13H2,1-5H3/t18-,28-/m1/s1. The van der Waals surface area contributed by atoms with Crippen LogP contribution in [0.3, 0.4) is 0 Å². The fourth-order valence-corrected chi connectivity index (χ4v) is 6.83. The van der Waals surface area contributed by atoms with Crippen LogP contribution < -0.4 is 19.1 Å². The van der Waals surface area contributed by atoms with Gasteiger partial charge in [-0.3, -0.25) is 14.5 Å². The van der Waals surface area contributed by atoms with Crippen molar-refractivity contribution in [3.8, 4) is 17.2 Å². The molecule has 4 aromatic rings. The fraction of sp³-hybridized carbons (Fsp3) is 0.281. The van der Waals surface area contributed by atoms with Crippen LogP contribution >= 0.6 is 11.3 Å². The van der Waals surface area contributed by atoms with Gasteiger partial charge in [0.1, 0.15) is 17.6 Å². The summed E-state index contributed by atoms with van der Waals surface area (Å²) < 4.78 is 18.0. The molecule has 0 unspecified atom stereocenters. The first kappa shape index (κ1) is 26.8. The number of benzene rings is 3. The second-order valence-corrected chi connectivity index (χ2v) is 11.4. The number of carbonyl (C=O) groups excluding carboxylic acids is 2. The number of aliphatic hydroxyl groups is 1. The van der Waals surface area contributed by atoms with Gasteiger partial charge in [-0.25, -0.2) is 4.98 Å². The third-order valence-electron chi connectivity index (χ3n) is 7.44. The molecular weight excluding hydrogens is 540 g/mol. The fourth-order valence-electron chi connectivity index (χ4n) is 5.66. The highest BCUT2D eigenvalue weighted by molar-refractivity contribution is 7.22. The molecule has 1 fully saturated rings. The topological polar surface area (TPSA) is 98.2 Å². The van der Waals surface area contributed by atoms with Gasteiger partial charge in [-0.15, -0.1) is 0 Å². The number of aryl methyl sites for hydroxylation is 2. The van der Waals surface area contributed by atoms with Crippen molar-refractivity contribution in [3.63, 3.8) is 0 Å². The quantitative estimate of drug-likeness (QED) is 0.166. The molecule has 2 atom stereocenters. The second-order valence-electron chi connectivity index (χ2n) is 10.4. The van der Waals surface area contributed by atoms with Crippen molar-refractivity contribution in [1.82, 2.24) is 4.98 Å². The minimum absolute atomic E-state index is 0.0136. The van der Waals surface area contributed by atoms with Crippen LogP contribution in [-0.4, -0.2) is 41.6 Å². The first-order valence-corrected chi connectivity index (χ1v) is 14.3. The van der Waals surface area contributed by atoms with E-state index in [4.69, 9.17) is 19.2 Å². The Morgan fingerprint density at radius 1 is 1.12 bits per heavy atom. The van der Waals surface area contributed by atoms with E-state index < -0.39 is 17.7 Å². The molecule has 0 aliphatic carbocycles. The number of amides is 1. The van der Waals surface area contributed by atoms with Crippen molar-refractivity contribution in [2.75, 3.05) is 18.6 Å². The number of anilines is 1. The van der Waals surface area contributed by atoms with E-state index in [0.29, 0.717) is 40.8 Å². The zero-order valence-corrected chi connectivity index (χ0v) is 24.3. The third kappa shape index (κ3) is 4.50. The lowest BCUT2D eigenvalue weighted by molar-refractivity contribution is -0.132. The van der Waals surface area contributed by atoms with Crippen molar-refractivity contribution in [3.05, 3.63) is 81.9 Å². The average Bonchev–Trinajstić information content (AvgIpc) is 3.61. The second kappa shape index (κ2) is 10.2. The van der Waals surface area contributed by atoms with Gasteiger partial charge >= 0.3 is 5.91 Å². The molecule has 3 heterocycles. The van der Waals surface area contributed by atoms with E-state index in [9.17, 15) is 14.7 Å². The van der Waals surface area contributed by atoms with Crippen LogP contribution in [0, 0.1) is 13.8 Å². The van der Waals surface area contributed by atoms with Crippen LogP contribution in [-0.2, 0) is 16.0 Å². The van der Waals surface area contributed by atoms with Crippen LogP contribution in [0.15, 0.2) is 54.1 Å². The number of thiazole rings is 1. The molecule has 1 N–H and O–H groups in total. The highest BCUT2D eigenvalue weighted by Gasteiger charge is 2.48. The third-order valence-corrected chi connectivity index (χ3v) is 8.44. The van der Waals surface area contributed by atoms with Gasteiger partial charge in [-0.2, -0.15) is 0 Å². The molecule has 0 spiro atoms. The number of aromatic nitrogens is 1. The number of Topliss-reactive ketones (excluding diaryl/α,β-unsaturated/α-hetero) is 1. The zero-order valence-electron chi connectivity index (χ0n) is 23.5. The molecule has 1 amide bonds. The van der Waals surface area contributed by atoms with E-state index in [1.54, 1.807) is 30.3 Å². The van der Waals surface area contributed by atoms with Gasteiger partial charge in [0.05, 0.1) is 35.5 Å². The number of methoxy groups -OCH3 is 1. The highest BCUT2D eigenvalue weighted by atomic mass is 32.1. The normalized spacial score (nSPS) is 19.5. The number of carbonyl (C=O) groups is 2. The van der Waals surface area contributed by atoms with E-state index >= 15 is 0 Å². The maximum atomic E-state index is 13.7. The Hall–Kier alpha value is -4.37. The molecule has 1 saturated heterocycles. The number of hydrogen-bond donors (Lipinski definition) is 1. The SMILES string of the molecule is CCOc1ccc([C@@H]2C(=C(O)c3ccc4c(c3)C[C@@H](C)O4)C(=O)C(=O)N2c2nc3c(C)cc(C)cc3s2)cc1OC. The predicted molar refractivity (Wildman–Crippen MR) is 158 cm³/mol. The minimum Gasteiger partial charge on any atom is -0.507 e. The van der Waals surface area contributed by atoms with Crippen LogP contribution in [0.25, 0.3) is 16.0 Å². The van der Waals surface area contributed by atoms with E-state index in [2.05, 4.69) is 0 Å². The van der Waals surface area contributed by atoms with E-state index in [1.807, 2.05) is 45.9 Å². The molecule has 3 aromatic carbocycles. The lowest BCUT2D eigenvalue weighted by atomic mass is 9.94. The van der Waals surface area contributed by atoms with Gasteiger partial charge in [-0.05, 0) is 86.3 Å². The summed E-state index contributed by atoms with van der Waals surface area (Å²) in [4.78, 5) is 33.7. The van der Waals surface area contributed by atoms with Crippen molar-refractivity contribution >= 4 is 44.1 Å². The zero-order chi connectivity index (χ0) is 29.0. The Morgan fingerprint density at radius 2 is 1.93 bits per heavy atom. The molecule has 0 saturated carbocycles. The van der Waals surface area contributed by atoms with E-state index in [-0.39, 0.29) is 17.4 Å². The Labute approximate surface area is 241 Å². The Kier molecular flexibility index (Phi) is 6.69. The summed E-state index contributed by atoms with van der Waals surface area (Å²) in [5.74, 6) is -0.0425. The number of nitrogens with zero attached hydrogens (tertiary/aromatic N) is 2. The molecule has 9 heteroatoms. The van der Waals surface area contributed by atoms with Gasteiger partial charge in [-0.1, -0.05) is 23.5 Å². The summed E-state index contributed by atoms with van der Waals surface area (Å²) >= 11 is 1.34. The van der Waals surface area contributed by atoms with Gasteiger partial charge in [0.2, 0.25) is 0 Å². The van der Waals surface area contributed by atoms with Gasteiger partial charge in [0, 0.05) is 12.0 Å². The van der Waals surface area contributed by atoms with Crippen molar-refractivity contribution in [2.45, 2.75) is 46.3 Å². The average molecular weight is 571 g/mol. The molecule has 8 nitrogen and oxygen atoms in total. The molecule has 210 valence electrons. The first-order valence-electron chi connectivity index (χ1n) is 13.5. The molecule has 2 aliphatic rings. The van der Waals surface area contributed by atoms with Crippen molar-refractivity contribution in [2.24, 2.45) is 0 Å². The van der Waals surface area contributed by atoms with E-state index in [0.717, 1.165) is 32.7 Å². The van der Waals surface area contributed by atoms with Gasteiger partial charge < -0.3 is 19.3 Å². The summed E-state index contributed by atoms with van der Waals surface area (Å²) in [6.45, 7) is 8.28. The summed E-state index contributed by atoms with van der Waals surface area (Å²) in [6, 6.07) is 13.7. The Morgan fingerprint density at radius 3 is 2.68 bits per heavy atom. The van der Waals surface area contributed by atoms with Crippen molar-refractivity contribution < 1.29 is 28.9 Å². The lowest BCUT2D eigenvalue weighted by Gasteiger charge is -2.24. The summed E-state index contributed by atoms with van der Waals surface area (Å²) in [5, 5.41) is 12.0. The smallest absolute Gasteiger partial charge is 0.301 e. The monoisotopic (exact) mass is 570 g/mol. The molecule has 2 aliphatic heterocycles. The molecule has 6 rings (SSSR count). The number of aliphatic hydroxyl groups excluding tert-OH is 1. The van der Waals surface area contributed by atoms with Gasteiger partial charge in [0.15, 0.2) is 16.6 Å². The first-order chi connectivity index (χ1) is 19.7. The summed E-state index contributed by atoms with van der Waals surface area (Å²) in [5.41, 5.74) is 4.78. The molecule has 1 aromatic heterocycles. The van der Waals surface area contributed by atoms with Gasteiger partial charge in [0.25, 0.3) is 5.78 Å². The lowest BCUT2D eigenvalue weighted by Crippen LogP contribution is -2.29. The largest absolute Gasteiger partial charge is 0.507 e. The van der Waals surface area contributed by atoms with Crippen LogP contribution in [0.5, 0.6) is 17.2 Å². The predicted octanol–water partition coefficient (Wildman–Crippen LogP) is 6.27. The molecule has 41 heavy (non-hydrogen) atoms. The van der Waals surface area contributed by atoms with Crippen LogP contribution in [0.4, 0.5) is 5.13 Å². The number of fused-ring (bicyclic) bond motifs is 2. The van der Waals surface area contributed by atoms with Crippen LogP contribution in [0.2, 0.25) is 0 Å². The summed E-state index contributed by atoms with van der Waals surface area (Å²) in [6.07, 6.45) is 0.713. The van der Waals surface area contributed by atoms with E-state index in [1.165, 1.54) is 23.3 Å². The van der Waals surface area contributed by atoms with Crippen LogP contribution in [0.1, 0.15) is 47.7 Å². The highest BCUT2D eigenvalue weighted by Crippen LogP contribution is 2.46. The number of ether oxygens (including phenoxy) is 3. The minimum atomic E-state index is -0.940. The Balaban J connectivity index is 1.56. The number of hydrogen-bond acceptors (Lipinski definition) is 8. The maximum absolute atomic E-state index is 13.7. The summed E-state index contributed by atoms with van der Waals surface area (Å²) in [7, 11) is 1.53. The number of ketones is 1. The number of rotatable bonds is 6.